The van der Waals surface area contributed by atoms with Crippen LogP contribution in [0.3, 0.4) is 0 Å². The second kappa shape index (κ2) is 8.77. The Morgan fingerprint density at radius 1 is 1.03 bits per heavy atom. The Hall–Kier alpha value is -4.80. The molecule has 5 heterocycles. The fourth-order valence-electron chi connectivity index (χ4n) is 3.76. The maximum absolute atomic E-state index is 13.5. The van der Waals surface area contributed by atoms with Crippen molar-refractivity contribution in [3.05, 3.63) is 72.5 Å². The van der Waals surface area contributed by atoms with E-state index in [2.05, 4.69) is 25.0 Å². The first-order valence-corrected chi connectivity index (χ1v) is 11.1. The number of aromatic nitrogens is 6. The van der Waals surface area contributed by atoms with E-state index in [0.717, 1.165) is 5.39 Å². The van der Waals surface area contributed by atoms with Crippen LogP contribution in [0.25, 0.3) is 39.7 Å². The lowest BCUT2D eigenvalue weighted by atomic mass is 10.2. The summed E-state index contributed by atoms with van der Waals surface area (Å²) in [4.78, 5) is 16.8. The van der Waals surface area contributed by atoms with Gasteiger partial charge in [0, 0.05) is 42.6 Å². The zero-order valence-corrected chi connectivity index (χ0v) is 19.3. The number of nitrogens with zero attached hydrogens (tertiary/aromatic N) is 6. The Morgan fingerprint density at radius 3 is 2.72 bits per heavy atom. The summed E-state index contributed by atoms with van der Waals surface area (Å²) < 4.78 is 38.3. The monoisotopic (exact) mass is 486 g/mol. The van der Waals surface area contributed by atoms with Crippen molar-refractivity contribution < 1.29 is 22.7 Å². The number of imidazole rings is 1. The highest BCUT2D eigenvalue weighted by atomic mass is 19.1. The highest BCUT2D eigenvalue weighted by Gasteiger charge is 2.17. The van der Waals surface area contributed by atoms with Crippen molar-refractivity contribution in [3.8, 4) is 34.3 Å². The third kappa shape index (κ3) is 4.00. The highest BCUT2D eigenvalue weighted by molar-refractivity contribution is 5.89. The number of hydrogen-bond acceptors (Lipinski definition) is 9. The maximum Gasteiger partial charge on any atom is 0.325 e. The number of methoxy groups -OCH3 is 1. The first-order chi connectivity index (χ1) is 17.6. The molecule has 11 heteroatoms. The average Bonchev–Trinajstić information content (AvgIpc) is 3.60. The Balaban J connectivity index is 1.31. The van der Waals surface area contributed by atoms with Gasteiger partial charge in [-0.3, -0.25) is 0 Å². The minimum absolute atomic E-state index is 0.146. The molecule has 10 nitrogen and oxygen atoms in total. The molecule has 180 valence electrons. The number of benzene rings is 1. The van der Waals surface area contributed by atoms with Crippen molar-refractivity contribution in [2.75, 3.05) is 7.11 Å². The highest BCUT2D eigenvalue weighted by Crippen LogP contribution is 2.37. The van der Waals surface area contributed by atoms with Gasteiger partial charge < -0.3 is 18.3 Å². The third-order valence-corrected chi connectivity index (χ3v) is 5.52. The summed E-state index contributed by atoms with van der Waals surface area (Å²) in [5.74, 6) is 2.43. The van der Waals surface area contributed by atoms with Gasteiger partial charge in [-0.1, -0.05) is 6.92 Å². The van der Waals surface area contributed by atoms with E-state index < -0.39 is 5.95 Å². The molecule has 0 bridgehead atoms. The maximum atomic E-state index is 13.5. The van der Waals surface area contributed by atoms with E-state index in [9.17, 15) is 4.39 Å². The molecule has 36 heavy (non-hydrogen) atoms. The quantitative estimate of drug-likeness (QED) is 0.291. The zero-order chi connectivity index (χ0) is 24.6. The molecule has 0 radical (unpaired) electrons. The molecule has 0 aliphatic carbocycles. The SMILES string of the molecule is CCc1nn2cc(-c3cc4c(OCc5ccnc(-c6ccnc(F)c6)n5)cc(OC)cc4o3)nc2o1. The number of hydrogen-bond donors (Lipinski definition) is 0. The van der Waals surface area contributed by atoms with Gasteiger partial charge in [0.05, 0.1) is 24.4 Å². The topological polar surface area (TPSA) is 114 Å². The van der Waals surface area contributed by atoms with Crippen molar-refractivity contribution >= 4 is 16.8 Å². The Bertz CT molecular complexity index is 1670. The van der Waals surface area contributed by atoms with Crippen LogP contribution in [0.1, 0.15) is 18.5 Å². The van der Waals surface area contributed by atoms with E-state index in [-0.39, 0.29) is 6.61 Å². The summed E-state index contributed by atoms with van der Waals surface area (Å²) in [5.41, 5.74) is 2.29. The number of fused-ring (bicyclic) bond motifs is 2. The van der Waals surface area contributed by atoms with Crippen LogP contribution >= 0.6 is 0 Å². The van der Waals surface area contributed by atoms with Crippen LogP contribution in [0.4, 0.5) is 4.39 Å². The van der Waals surface area contributed by atoms with Crippen LogP contribution in [0.2, 0.25) is 0 Å². The molecule has 0 fully saturated rings. The van der Waals surface area contributed by atoms with E-state index in [0.29, 0.717) is 63.8 Å². The number of furan rings is 1. The fraction of sp³-hybridized carbons (Fsp3) is 0.160. The van der Waals surface area contributed by atoms with E-state index >= 15 is 0 Å². The van der Waals surface area contributed by atoms with Crippen molar-refractivity contribution in [3.63, 3.8) is 0 Å². The molecule has 6 aromatic rings. The molecule has 0 aliphatic rings. The largest absolute Gasteiger partial charge is 0.496 e. The summed E-state index contributed by atoms with van der Waals surface area (Å²) in [7, 11) is 1.57. The molecule has 0 saturated heterocycles. The van der Waals surface area contributed by atoms with Crippen LogP contribution in [-0.4, -0.2) is 36.7 Å². The Kier molecular flexibility index (Phi) is 5.29. The van der Waals surface area contributed by atoms with Crippen molar-refractivity contribution in [2.24, 2.45) is 0 Å². The smallest absolute Gasteiger partial charge is 0.325 e. The lowest BCUT2D eigenvalue weighted by molar-refractivity contribution is 0.302. The second-order valence-electron chi connectivity index (χ2n) is 7.88. The van der Waals surface area contributed by atoms with Gasteiger partial charge in [0.15, 0.2) is 11.6 Å². The minimum atomic E-state index is -0.598. The van der Waals surface area contributed by atoms with Crippen LogP contribution in [0, 0.1) is 5.95 Å². The van der Waals surface area contributed by atoms with Crippen molar-refractivity contribution in [2.45, 2.75) is 20.0 Å². The molecule has 5 aromatic heterocycles. The lowest BCUT2D eigenvalue weighted by Crippen LogP contribution is -2.01. The minimum Gasteiger partial charge on any atom is -0.496 e. The van der Waals surface area contributed by atoms with Crippen molar-refractivity contribution in [1.82, 2.24) is 29.5 Å². The normalized spacial score (nSPS) is 11.4. The van der Waals surface area contributed by atoms with Crippen LogP contribution in [-0.2, 0) is 13.0 Å². The van der Waals surface area contributed by atoms with Gasteiger partial charge in [-0.2, -0.15) is 13.9 Å². The number of rotatable bonds is 7. The van der Waals surface area contributed by atoms with Gasteiger partial charge in [0.2, 0.25) is 11.8 Å². The van der Waals surface area contributed by atoms with Crippen LogP contribution < -0.4 is 9.47 Å². The molecule has 0 N–H and O–H groups in total. The molecular formula is C25H19FN6O4. The van der Waals surface area contributed by atoms with E-state index in [1.165, 1.54) is 12.3 Å². The van der Waals surface area contributed by atoms with Crippen LogP contribution in [0.15, 0.2) is 63.8 Å². The molecule has 0 atom stereocenters. The van der Waals surface area contributed by atoms with E-state index in [1.54, 1.807) is 48.3 Å². The first-order valence-electron chi connectivity index (χ1n) is 11.1. The molecular weight excluding hydrogens is 467 g/mol. The molecule has 0 amide bonds. The molecule has 0 saturated carbocycles. The second-order valence-corrected chi connectivity index (χ2v) is 7.88. The number of aryl methyl sites for hydroxylation is 1. The number of pyridine rings is 1. The van der Waals surface area contributed by atoms with Gasteiger partial charge in [-0.05, 0) is 18.2 Å². The Morgan fingerprint density at radius 2 is 1.92 bits per heavy atom. The van der Waals surface area contributed by atoms with Gasteiger partial charge in [-0.25, -0.2) is 15.0 Å². The van der Waals surface area contributed by atoms with Crippen LogP contribution in [0.5, 0.6) is 11.5 Å². The third-order valence-electron chi connectivity index (χ3n) is 5.52. The molecule has 0 spiro atoms. The standard InChI is InChI=1S/C25H19FN6O4/c1-3-23-31-32-12-18(30-25(32)36-23)21-11-17-19(9-16(33-2)10-20(17)35-21)34-13-15-5-7-28-24(29-15)14-4-6-27-22(26)8-14/h4-12H,3,13H2,1-2H3. The average molecular weight is 486 g/mol. The first kappa shape index (κ1) is 21.7. The fourth-order valence-corrected chi connectivity index (χ4v) is 3.76. The molecule has 0 unspecified atom stereocenters. The summed E-state index contributed by atoms with van der Waals surface area (Å²) in [6.45, 7) is 2.11. The summed E-state index contributed by atoms with van der Waals surface area (Å²) in [5, 5.41) is 5.08. The van der Waals surface area contributed by atoms with Gasteiger partial charge in [-0.15, -0.1) is 5.10 Å². The van der Waals surface area contributed by atoms with Crippen molar-refractivity contribution in [1.29, 1.82) is 0 Å². The predicted octanol–water partition coefficient (Wildman–Crippen LogP) is 4.88. The van der Waals surface area contributed by atoms with Gasteiger partial charge >= 0.3 is 5.84 Å². The van der Waals surface area contributed by atoms with E-state index in [1.807, 2.05) is 13.0 Å². The summed E-state index contributed by atoms with van der Waals surface area (Å²) in [6, 6.07) is 10.1. The molecule has 0 aliphatic heterocycles. The summed E-state index contributed by atoms with van der Waals surface area (Å²) >= 11 is 0. The number of ether oxygens (including phenoxy) is 2. The summed E-state index contributed by atoms with van der Waals surface area (Å²) in [6.07, 6.45) is 5.40. The Labute approximate surface area is 203 Å². The zero-order valence-electron chi connectivity index (χ0n) is 19.3. The molecule has 1 aromatic carbocycles. The molecule has 6 rings (SSSR count). The predicted molar refractivity (Wildman–Crippen MR) is 126 cm³/mol. The van der Waals surface area contributed by atoms with E-state index in [4.69, 9.17) is 18.3 Å². The van der Waals surface area contributed by atoms with Gasteiger partial charge in [0.25, 0.3) is 0 Å². The van der Waals surface area contributed by atoms with Gasteiger partial charge in [0.1, 0.15) is 29.4 Å². The number of halogens is 1. The lowest BCUT2D eigenvalue weighted by Gasteiger charge is -2.09.